The topological polar surface area (TPSA) is 86.7 Å². The number of aliphatic hydroxyl groups excluding tert-OH is 1. The molecule has 0 spiro atoms. The molecule has 1 aliphatic heterocycles. The summed E-state index contributed by atoms with van der Waals surface area (Å²) in [5, 5.41) is 16.2. The molecule has 0 radical (unpaired) electrons. The standard InChI is InChI=1S/C13H16N2O4S/c16-10(9-4-6-20-8-9)3-5-14-11(17)7-15-12(18)1-2-13(15)19/h4,6,8,10,16H,1-3,5,7H2,(H,14,17)/t10-/m0/s1. The third kappa shape index (κ3) is 3.64. The first-order chi connectivity index (χ1) is 9.58. The fourth-order valence-corrected chi connectivity index (χ4v) is 2.69. The van der Waals surface area contributed by atoms with Crippen LogP contribution in [0.2, 0.25) is 0 Å². The predicted octanol–water partition coefficient (Wildman–Crippen LogP) is 0.437. The number of thiophene rings is 1. The van der Waals surface area contributed by atoms with E-state index in [2.05, 4.69) is 5.32 Å². The van der Waals surface area contributed by atoms with E-state index < -0.39 is 6.10 Å². The van der Waals surface area contributed by atoms with Gasteiger partial charge in [0, 0.05) is 19.4 Å². The summed E-state index contributed by atoms with van der Waals surface area (Å²) in [7, 11) is 0. The summed E-state index contributed by atoms with van der Waals surface area (Å²) in [5.41, 5.74) is 0.828. The zero-order chi connectivity index (χ0) is 14.5. The van der Waals surface area contributed by atoms with Crippen molar-refractivity contribution in [2.45, 2.75) is 25.4 Å². The van der Waals surface area contributed by atoms with E-state index in [0.29, 0.717) is 13.0 Å². The number of aliphatic hydroxyl groups is 1. The minimum atomic E-state index is -0.614. The Morgan fingerprint density at radius 2 is 2.10 bits per heavy atom. The SMILES string of the molecule is O=C(CN1C(=O)CCC1=O)NCC[C@H](O)c1ccsc1. The highest BCUT2D eigenvalue weighted by atomic mass is 32.1. The lowest BCUT2D eigenvalue weighted by molar-refractivity contribution is -0.142. The Hall–Kier alpha value is -1.73. The maximum Gasteiger partial charge on any atom is 0.240 e. The molecule has 2 rings (SSSR count). The zero-order valence-electron chi connectivity index (χ0n) is 10.9. The van der Waals surface area contributed by atoms with Gasteiger partial charge in [-0.3, -0.25) is 19.3 Å². The second-order valence-corrected chi connectivity index (χ2v) is 5.36. The van der Waals surface area contributed by atoms with Crippen LogP contribution in [0.1, 0.15) is 30.9 Å². The van der Waals surface area contributed by atoms with Crippen LogP contribution in [0.25, 0.3) is 0 Å². The minimum Gasteiger partial charge on any atom is -0.388 e. The van der Waals surface area contributed by atoms with E-state index >= 15 is 0 Å². The van der Waals surface area contributed by atoms with Crippen LogP contribution in [-0.4, -0.2) is 40.8 Å². The molecule has 0 aromatic carbocycles. The van der Waals surface area contributed by atoms with Crippen molar-refractivity contribution < 1.29 is 19.5 Å². The molecule has 0 bridgehead atoms. The number of hydrogen-bond acceptors (Lipinski definition) is 5. The van der Waals surface area contributed by atoms with E-state index in [1.807, 2.05) is 16.8 Å². The number of carbonyl (C=O) groups excluding carboxylic acids is 3. The van der Waals surface area contributed by atoms with Crippen LogP contribution in [0.15, 0.2) is 16.8 Å². The summed E-state index contributed by atoms with van der Waals surface area (Å²) >= 11 is 1.50. The van der Waals surface area contributed by atoms with E-state index in [0.717, 1.165) is 10.5 Å². The molecule has 1 atom stereocenters. The molecule has 2 N–H and O–H groups in total. The molecule has 0 aliphatic carbocycles. The fourth-order valence-electron chi connectivity index (χ4n) is 1.98. The van der Waals surface area contributed by atoms with Gasteiger partial charge >= 0.3 is 0 Å². The van der Waals surface area contributed by atoms with Crippen LogP contribution < -0.4 is 5.32 Å². The number of nitrogens with zero attached hydrogens (tertiary/aromatic N) is 1. The number of nitrogens with one attached hydrogen (secondary N) is 1. The molecule has 7 heteroatoms. The summed E-state index contributed by atoms with van der Waals surface area (Å²) in [4.78, 5) is 35.3. The normalized spacial score (nSPS) is 16.6. The lowest BCUT2D eigenvalue weighted by atomic mass is 10.1. The van der Waals surface area contributed by atoms with Crippen molar-refractivity contribution in [1.29, 1.82) is 0 Å². The van der Waals surface area contributed by atoms with Crippen LogP contribution in [0.4, 0.5) is 0 Å². The van der Waals surface area contributed by atoms with Gasteiger partial charge in [-0.15, -0.1) is 0 Å². The Labute approximate surface area is 120 Å². The predicted molar refractivity (Wildman–Crippen MR) is 72.9 cm³/mol. The largest absolute Gasteiger partial charge is 0.388 e. The molecule has 2 heterocycles. The summed E-state index contributed by atoms with van der Waals surface area (Å²) < 4.78 is 0. The highest BCUT2D eigenvalue weighted by molar-refractivity contribution is 7.07. The Kier molecular flexibility index (Phi) is 4.86. The van der Waals surface area contributed by atoms with Crippen molar-refractivity contribution >= 4 is 29.1 Å². The van der Waals surface area contributed by atoms with E-state index in [4.69, 9.17) is 0 Å². The zero-order valence-corrected chi connectivity index (χ0v) is 11.7. The van der Waals surface area contributed by atoms with Gasteiger partial charge in [-0.05, 0) is 28.8 Å². The third-order valence-electron chi connectivity index (χ3n) is 3.12. The number of amides is 3. The van der Waals surface area contributed by atoms with Gasteiger partial charge in [0.1, 0.15) is 6.54 Å². The molecule has 1 aromatic heterocycles. The molecule has 0 unspecified atom stereocenters. The Morgan fingerprint density at radius 1 is 1.40 bits per heavy atom. The highest BCUT2D eigenvalue weighted by Crippen LogP contribution is 2.18. The van der Waals surface area contributed by atoms with Crippen molar-refractivity contribution in [3.63, 3.8) is 0 Å². The molecule has 1 saturated heterocycles. The molecule has 20 heavy (non-hydrogen) atoms. The quantitative estimate of drug-likeness (QED) is 0.746. The highest BCUT2D eigenvalue weighted by Gasteiger charge is 2.30. The van der Waals surface area contributed by atoms with E-state index in [-0.39, 0.29) is 37.1 Å². The molecule has 1 aromatic rings. The van der Waals surface area contributed by atoms with Gasteiger partial charge < -0.3 is 10.4 Å². The summed E-state index contributed by atoms with van der Waals surface area (Å²) in [6, 6.07) is 1.83. The van der Waals surface area contributed by atoms with Crippen molar-refractivity contribution in [2.75, 3.05) is 13.1 Å². The molecule has 3 amide bonds. The number of rotatable bonds is 6. The van der Waals surface area contributed by atoms with Crippen LogP contribution in [0.5, 0.6) is 0 Å². The van der Waals surface area contributed by atoms with Gasteiger partial charge in [0.15, 0.2) is 0 Å². The lowest BCUT2D eigenvalue weighted by Gasteiger charge is -2.14. The van der Waals surface area contributed by atoms with E-state index in [1.54, 1.807) is 0 Å². The Bertz CT molecular complexity index is 484. The van der Waals surface area contributed by atoms with Crippen LogP contribution in [-0.2, 0) is 14.4 Å². The molecular formula is C13H16N2O4S. The first-order valence-electron chi connectivity index (χ1n) is 6.38. The van der Waals surface area contributed by atoms with Gasteiger partial charge in [0.2, 0.25) is 17.7 Å². The van der Waals surface area contributed by atoms with Gasteiger partial charge in [0.05, 0.1) is 6.10 Å². The molecule has 1 aliphatic rings. The van der Waals surface area contributed by atoms with Gasteiger partial charge in [-0.2, -0.15) is 11.3 Å². The number of imide groups is 1. The van der Waals surface area contributed by atoms with Gasteiger partial charge in [-0.25, -0.2) is 0 Å². The number of carbonyl (C=O) groups is 3. The van der Waals surface area contributed by atoms with Gasteiger partial charge in [-0.1, -0.05) is 0 Å². The molecule has 1 fully saturated rings. The van der Waals surface area contributed by atoms with E-state index in [9.17, 15) is 19.5 Å². The van der Waals surface area contributed by atoms with Crippen LogP contribution in [0.3, 0.4) is 0 Å². The van der Waals surface area contributed by atoms with Crippen LogP contribution >= 0.6 is 11.3 Å². The maximum absolute atomic E-state index is 11.6. The third-order valence-corrected chi connectivity index (χ3v) is 3.83. The first-order valence-corrected chi connectivity index (χ1v) is 7.32. The molecule has 6 nitrogen and oxygen atoms in total. The molecular weight excluding hydrogens is 280 g/mol. The smallest absolute Gasteiger partial charge is 0.240 e. The summed E-state index contributed by atoms with van der Waals surface area (Å²) in [6.45, 7) is 0.0677. The van der Waals surface area contributed by atoms with Crippen molar-refractivity contribution in [3.8, 4) is 0 Å². The van der Waals surface area contributed by atoms with Crippen LogP contribution in [0, 0.1) is 0 Å². The average molecular weight is 296 g/mol. The molecule has 108 valence electrons. The average Bonchev–Trinajstić information content (AvgIpc) is 3.04. The number of hydrogen-bond donors (Lipinski definition) is 2. The second kappa shape index (κ2) is 6.62. The van der Waals surface area contributed by atoms with Crippen molar-refractivity contribution in [2.24, 2.45) is 0 Å². The monoisotopic (exact) mass is 296 g/mol. The fraction of sp³-hybridized carbons (Fsp3) is 0.462. The lowest BCUT2D eigenvalue weighted by Crippen LogP contribution is -2.40. The van der Waals surface area contributed by atoms with Crippen molar-refractivity contribution in [3.05, 3.63) is 22.4 Å². The van der Waals surface area contributed by atoms with Crippen molar-refractivity contribution in [1.82, 2.24) is 10.2 Å². The summed E-state index contributed by atoms with van der Waals surface area (Å²) in [6.07, 6.45) is 0.146. The Morgan fingerprint density at radius 3 is 2.70 bits per heavy atom. The first kappa shape index (κ1) is 14.7. The Balaban J connectivity index is 1.70. The number of likely N-dealkylation sites (tertiary alicyclic amines) is 1. The minimum absolute atomic E-state index is 0.184. The van der Waals surface area contributed by atoms with E-state index in [1.165, 1.54) is 11.3 Å². The second-order valence-electron chi connectivity index (χ2n) is 4.58. The maximum atomic E-state index is 11.6. The van der Waals surface area contributed by atoms with Gasteiger partial charge in [0.25, 0.3) is 0 Å². The summed E-state index contributed by atoms with van der Waals surface area (Å²) in [5.74, 6) is -0.988. The molecule has 0 saturated carbocycles.